The first kappa shape index (κ1) is 12.5. The quantitative estimate of drug-likeness (QED) is 0.812. The number of nitrogens with one attached hydrogen (secondary N) is 1. The third-order valence-corrected chi connectivity index (χ3v) is 3.16. The summed E-state index contributed by atoms with van der Waals surface area (Å²) in [4.78, 5) is 8.50. The Balaban J connectivity index is 2.31. The molecule has 1 aromatic heterocycles. The first-order valence-corrected chi connectivity index (χ1v) is 6.67. The Morgan fingerprint density at radius 2 is 1.82 bits per heavy atom. The maximum Gasteiger partial charge on any atom is 0.135 e. The Bertz CT molecular complexity index is 535. The van der Waals surface area contributed by atoms with Crippen molar-refractivity contribution in [2.24, 2.45) is 0 Å². The fraction of sp³-hybridized carbons (Fsp3) is 0.167. The molecule has 0 aliphatic carbocycles. The molecule has 0 radical (unpaired) electrons. The number of aryl methyl sites for hydroxylation is 2. The summed E-state index contributed by atoms with van der Waals surface area (Å²) >= 11 is 6.80. The number of halogens is 2. The monoisotopic (exact) mass is 355 g/mol. The number of nitrogens with zero attached hydrogens (tertiary/aromatic N) is 2. The standard InChI is InChI=1S/C12H11Br2N3/c1-7-5-9(13)3-4-10(7)17-12-6-11(14)15-8(2)16-12/h3-6H,1-2H3,(H,15,16,17). The van der Waals surface area contributed by atoms with Gasteiger partial charge in [0.15, 0.2) is 0 Å². The van der Waals surface area contributed by atoms with E-state index in [2.05, 4.69) is 60.1 Å². The van der Waals surface area contributed by atoms with Crippen LogP contribution in [0.1, 0.15) is 11.4 Å². The Hall–Kier alpha value is -0.940. The van der Waals surface area contributed by atoms with Gasteiger partial charge in [-0.1, -0.05) is 15.9 Å². The average molecular weight is 357 g/mol. The topological polar surface area (TPSA) is 37.8 Å². The molecule has 2 rings (SSSR count). The molecular weight excluding hydrogens is 346 g/mol. The lowest BCUT2D eigenvalue weighted by Crippen LogP contribution is -1.98. The molecular formula is C12H11Br2N3. The summed E-state index contributed by atoms with van der Waals surface area (Å²) in [7, 11) is 0. The van der Waals surface area contributed by atoms with Gasteiger partial charge in [0.2, 0.25) is 0 Å². The molecule has 1 heterocycles. The van der Waals surface area contributed by atoms with Crippen molar-refractivity contribution in [3.63, 3.8) is 0 Å². The van der Waals surface area contributed by atoms with Crippen LogP contribution in [-0.2, 0) is 0 Å². The van der Waals surface area contributed by atoms with Crippen LogP contribution in [-0.4, -0.2) is 9.97 Å². The average Bonchev–Trinajstić information content (AvgIpc) is 2.21. The fourth-order valence-corrected chi connectivity index (χ4v) is 2.45. The fourth-order valence-electron chi connectivity index (χ4n) is 1.50. The molecule has 88 valence electrons. The van der Waals surface area contributed by atoms with Gasteiger partial charge in [-0.05, 0) is 53.5 Å². The summed E-state index contributed by atoms with van der Waals surface area (Å²) in [6.45, 7) is 3.92. The van der Waals surface area contributed by atoms with E-state index in [0.29, 0.717) is 0 Å². The lowest BCUT2D eigenvalue weighted by atomic mass is 10.2. The van der Waals surface area contributed by atoms with E-state index in [4.69, 9.17) is 0 Å². The number of rotatable bonds is 2. The lowest BCUT2D eigenvalue weighted by Gasteiger charge is -2.09. The molecule has 1 aromatic carbocycles. The van der Waals surface area contributed by atoms with Crippen LogP contribution in [0.3, 0.4) is 0 Å². The van der Waals surface area contributed by atoms with E-state index in [-0.39, 0.29) is 0 Å². The van der Waals surface area contributed by atoms with Gasteiger partial charge < -0.3 is 5.32 Å². The van der Waals surface area contributed by atoms with Gasteiger partial charge >= 0.3 is 0 Å². The second-order valence-corrected chi connectivity index (χ2v) is 5.44. The molecule has 2 aromatic rings. The second-order valence-electron chi connectivity index (χ2n) is 3.71. The summed E-state index contributed by atoms with van der Waals surface area (Å²) in [5.41, 5.74) is 2.20. The molecule has 0 unspecified atom stereocenters. The van der Waals surface area contributed by atoms with E-state index in [1.165, 1.54) is 0 Å². The molecule has 0 atom stereocenters. The third kappa shape index (κ3) is 3.26. The highest BCUT2D eigenvalue weighted by Crippen LogP contribution is 2.23. The molecule has 0 saturated carbocycles. The van der Waals surface area contributed by atoms with Crippen LogP contribution in [0.2, 0.25) is 0 Å². The minimum atomic E-state index is 0.733. The normalized spacial score (nSPS) is 10.4. The second kappa shape index (κ2) is 5.14. The Kier molecular flexibility index (Phi) is 3.79. The maximum atomic E-state index is 4.33. The van der Waals surface area contributed by atoms with Gasteiger partial charge in [0, 0.05) is 16.2 Å². The van der Waals surface area contributed by atoms with Gasteiger partial charge in [0.25, 0.3) is 0 Å². The van der Waals surface area contributed by atoms with Crippen LogP contribution in [0.5, 0.6) is 0 Å². The molecule has 0 bridgehead atoms. The van der Waals surface area contributed by atoms with Crippen molar-refractivity contribution < 1.29 is 0 Å². The molecule has 1 N–H and O–H groups in total. The molecule has 5 heteroatoms. The van der Waals surface area contributed by atoms with E-state index in [0.717, 1.165) is 32.0 Å². The number of hydrogen-bond acceptors (Lipinski definition) is 3. The third-order valence-electron chi connectivity index (χ3n) is 2.26. The first-order valence-electron chi connectivity index (χ1n) is 5.09. The highest BCUT2D eigenvalue weighted by Gasteiger charge is 2.03. The smallest absolute Gasteiger partial charge is 0.135 e. The Morgan fingerprint density at radius 1 is 1.06 bits per heavy atom. The van der Waals surface area contributed by atoms with Crippen molar-refractivity contribution in [2.45, 2.75) is 13.8 Å². The van der Waals surface area contributed by atoms with Gasteiger partial charge in [-0.2, -0.15) is 0 Å². The zero-order chi connectivity index (χ0) is 12.4. The highest BCUT2D eigenvalue weighted by atomic mass is 79.9. The SMILES string of the molecule is Cc1nc(Br)cc(Nc2ccc(Br)cc2C)n1. The predicted molar refractivity (Wildman–Crippen MR) is 76.6 cm³/mol. The number of hydrogen-bond donors (Lipinski definition) is 1. The van der Waals surface area contributed by atoms with Crippen LogP contribution < -0.4 is 5.32 Å². The largest absolute Gasteiger partial charge is 0.340 e. The van der Waals surface area contributed by atoms with Crippen molar-refractivity contribution in [2.75, 3.05) is 5.32 Å². The number of anilines is 2. The molecule has 0 aliphatic heterocycles. The minimum absolute atomic E-state index is 0.733. The molecule has 0 saturated heterocycles. The van der Waals surface area contributed by atoms with Crippen LogP contribution in [0.4, 0.5) is 11.5 Å². The van der Waals surface area contributed by atoms with Crippen molar-refractivity contribution >= 4 is 43.4 Å². The van der Waals surface area contributed by atoms with Crippen molar-refractivity contribution in [3.8, 4) is 0 Å². The van der Waals surface area contributed by atoms with E-state index in [1.54, 1.807) is 0 Å². The Morgan fingerprint density at radius 3 is 2.47 bits per heavy atom. The zero-order valence-corrected chi connectivity index (χ0v) is 12.6. The van der Waals surface area contributed by atoms with Gasteiger partial charge in [-0.25, -0.2) is 9.97 Å². The molecule has 17 heavy (non-hydrogen) atoms. The van der Waals surface area contributed by atoms with Crippen molar-refractivity contribution in [1.82, 2.24) is 9.97 Å². The molecule has 0 fully saturated rings. The number of benzene rings is 1. The van der Waals surface area contributed by atoms with Gasteiger partial charge in [0.1, 0.15) is 16.2 Å². The van der Waals surface area contributed by atoms with Crippen LogP contribution in [0.15, 0.2) is 33.3 Å². The minimum Gasteiger partial charge on any atom is -0.340 e. The van der Waals surface area contributed by atoms with E-state index >= 15 is 0 Å². The maximum absolute atomic E-state index is 4.33. The van der Waals surface area contributed by atoms with Crippen LogP contribution >= 0.6 is 31.9 Å². The lowest BCUT2D eigenvalue weighted by molar-refractivity contribution is 1.04. The summed E-state index contributed by atoms with van der Waals surface area (Å²) in [6, 6.07) is 7.93. The van der Waals surface area contributed by atoms with E-state index < -0.39 is 0 Å². The summed E-state index contributed by atoms with van der Waals surface area (Å²) in [5, 5.41) is 3.28. The summed E-state index contributed by atoms with van der Waals surface area (Å²) in [6.07, 6.45) is 0. The van der Waals surface area contributed by atoms with Crippen LogP contribution in [0, 0.1) is 13.8 Å². The van der Waals surface area contributed by atoms with Gasteiger partial charge in [0.05, 0.1) is 0 Å². The first-order chi connectivity index (χ1) is 8.04. The molecule has 0 aliphatic rings. The van der Waals surface area contributed by atoms with Gasteiger partial charge in [-0.15, -0.1) is 0 Å². The van der Waals surface area contributed by atoms with E-state index in [9.17, 15) is 0 Å². The number of aromatic nitrogens is 2. The van der Waals surface area contributed by atoms with Crippen molar-refractivity contribution in [1.29, 1.82) is 0 Å². The molecule has 0 amide bonds. The van der Waals surface area contributed by atoms with Crippen molar-refractivity contribution in [3.05, 3.63) is 44.7 Å². The summed E-state index contributed by atoms with van der Waals surface area (Å²) < 4.78 is 1.85. The van der Waals surface area contributed by atoms with E-state index in [1.807, 2.05) is 25.1 Å². The molecule has 3 nitrogen and oxygen atoms in total. The molecule has 0 spiro atoms. The summed E-state index contributed by atoms with van der Waals surface area (Å²) in [5.74, 6) is 1.52. The highest BCUT2D eigenvalue weighted by molar-refractivity contribution is 9.10. The predicted octanol–water partition coefficient (Wildman–Crippen LogP) is 4.36. The van der Waals surface area contributed by atoms with Gasteiger partial charge in [-0.3, -0.25) is 0 Å². The Labute approximate surface area is 117 Å². The zero-order valence-electron chi connectivity index (χ0n) is 9.46. The van der Waals surface area contributed by atoms with Crippen LogP contribution in [0.25, 0.3) is 0 Å².